The number of nitrogens with zero attached hydrogens (tertiary/aromatic N) is 9. The molecule has 16 rings (SSSR count). The van der Waals surface area contributed by atoms with Gasteiger partial charge < -0.3 is 23.4 Å². The molecule has 10 heteroatoms. The molecule has 4 aliphatic carbocycles. The molecule has 0 aliphatic heterocycles. The van der Waals surface area contributed by atoms with Crippen LogP contribution in [0.1, 0.15) is 46.2 Å². The predicted octanol–water partition coefficient (Wildman–Crippen LogP) is 13.4. The molecular weight excluding hydrogens is 1160 g/mol. The van der Waals surface area contributed by atoms with E-state index < -0.39 is 0 Å². The molecule has 4 aromatic heterocycles. The molecule has 12 aromatic rings. The molecule has 0 fully saturated rings. The number of tetrazole rings is 1. The second-order valence-electron chi connectivity index (χ2n) is 20.1. The summed E-state index contributed by atoms with van der Waals surface area (Å²) in [5, 5.41) is 19.2. The second-order valence-corrected chi connectivity index (χ2v) is 20.1. The maximum atomic E-state index is 4.02. The van der Waals surface area contributed by atoms with Crippen molar-refractivity contribution in [1.82, 2.24) is 34.7 Å². The second kappa shape index (κ2) is 21.4. The van der Waals surface area contributed by atoms with E-state index in [9.17, 15) is 0 Å². The van der Waals surface area contributed by atoms with Crippen LogP contribution in [-0.4, -0.2) is 29.6 Å². The fraction of sp³-hybridized carbons (Fsp3) is 0.0857. The number of aryl methyl sites for hydroxylation is 2. The predicted molar refractivity (Wildman–Crippen MR) is 313 cm³/mol. The van der Waals surface area contributed by atoms with E-state index in [1.165, 1.54) is 77.2 Å². The van der Waals surface area contributed by atoms with Crippen LogP contribution in [0.15, 0.2) is 206 Å². The van der Waals surface area contributed by atoms with Gasteiger partial charge in [0.2, 0.25) is 12.7 Å². The number of pyridine rings is 1. The Balaban J connectivity index is 0.000000126. The number of imidazole rings is 2. The molecule has 0 spiro atoms. The molecule has 0 atom stereocenters. The Labute approximate surface area is 478 Å². The molecule has 0 N–H and O–H groups in total. The Kier molecular flexibility index (Phi) is 13.4. The molecule has 80 heavy (non-hydrogen) atoms. The van der Waals surface area contributed by atoms with Crippen molar-refractivity contribution < 1.29 is 29.2 Å². The molecule has 0 saturated heterocycles. The third kappa shape index (κ3) is 8.89. The summed E-state index contributed by atoms with van der Waals surface area (Å²) in [4.78, 5) is 4.02. The fourth-order valence-corrected chi connectivity index (χ4v) is 11.9. The summed E-state index contributed by atoms with van der Waals surface area (Å²) < 4.78 is 8.65. The van der Waals surface area contributed by atoms with Crippen LogP contribution < -0.4 is 14.2 Å². The van der Waals surface area contributed by atoms with Crippen LogP contribution >= 0.6 is 0 Å². The fourth-order valence-electron chi connectivity index (χ4n) is 11.9. The molecule has 4 heterocycles. The number of hydrogen-bond donors (Lipinski definition) is 0. The molecule has 0 saturated carbocycles. The minimum Gasteiger partial charge on any atom is -0.341 e. The quantitative estimate of drug-likeness (QED) is 0.117. The van der Waals surface area contributed by atoms with Gasteiger partial charge in [-0.05, 0) is 80.6 Å². The zero-order valence-electron chi connectivity index (χ0n) is 44.0. The van der Waals surface area contributed by atoms with Gasteiger partial charge in [0, 0.05) is 26.3 Å². The Bertz CT molecular complexity index is 4150. The molecule has 4 aliphatic rings. The van der Waals surface area contributed by atoms with Crippen molar-refractivity contribution >= 4 is 44.8 Å². The van der Waals surface area contributed by atoms with Gasteiger partial charge in [0.15, 0.2) is 0 Å². The topological polar surface area (TPSA) is 83.3 Å². The van der Waals surface area contributed by atoms with Crippen molar-refractivity contribution in [2.45, 2.75) is 25.7 Å². The zero-order chi connectivity index (χ0) is 52.8. The Morgan fingerprint density at radius 1 is 0.500 bits per heavy atom. The van der Waals surface area contributed by atoms with Crippen LogP contribution in [0, 0.1) is 24.8 Å². The maximum absolute atomic E-state index is 4.02. The van der Waals surface area contributed by atoms with Crippen LogP contribution in [-0.2, 0) is 47.0 Å². The first-order chi connectivity index (χ1) is 39.1. The number of hydrogen-bond acceptors (Lipinski definition) is 4. The minimum absolute atomic E-state index is 0. The van der Waals surface area contributed by atoms with Gasteiger partial charge in [-0.3, -0.25) is 15.3 Å². The molecule has 1 radical (unpaired) electrons. The van der Waals surface area contributed by atoms with E-state index in [4.69, 9.17) is 0 Å². The number of allylic oxidation sites excluding steroid dienone is 6. The average molecular weight is 1210 g/mol. The third-order valence-corrected chi connectivity index (χ3v) is 15.4. The SMILES string of the molecule is C[n+]1[c-]n(-c2[c-]cc3c4c5c(ccc24)C=CCC5=CC3)c(-c2ccccc2)c1-c1ccccc1.C[n+]1[c-]n(-c2[c-]cc3c4c5c(ccc24)C=CCC5=CC3)c(-c2ccccc2)c1-c1ccccc1.[Ir].c1ccc(-c2nnn[n-]2)nc1. The largest absolute Gasteiger partial charge is 0.341 e. The van der Waals surface area contributed by atoms with Crippen LogP contribution in [0.25, 0.3) is 113 Å². The normalized spacial score (nSPS) is 13.1. The van der Waals surface area contributed by atoms with Gasteiger partial charge in [-0.15, -0.1) is 44.8 Å². The van der Waals surface area contributed by atoms with E-state index >= 15 is 0 Å². The third-order valence-electron chi connectivity index (χ3n) is 15.4. The van der Waals surface area contributed by atoms with Crippen molar-refractivity contribution in [1.29, 1.82) is 0 Å². The van der Waals surface area contributed by atoms with E-state index in [0.717, 1.165) is 71.0 Å². The van der Waals surface area contributed by atoms with Gasteiger partial charge in [-0.1, -0.05) is 200 Å². The van der Waals surface area contributed by atoms with E-state index in [2.05, 4.69) is 277 Å². The smallest absolute Gasteiger partial charge is 0.242 e. The van der Waals surface area contributed by atoms with Gasteiger partial charge in [-0.25, -0.2) is 0 Å². The monoisotopic (exact) mass is 1210 g/mol. The Morgan fingerprint density at radius 3 is 1.38 bits per heavy atom. The number of benzene rings is 8. The molecule has 387 valence electrons. The first-order valence-corrected chi connectivity index (χ1v) is 26.7. The summed E-state index contributed by atoms with van der Waals surface area (Å²) in [5.74, 6) is 0.464. The molecular formula is C70H50IrN9-3. The van der Waals surface area contributed by atoms with Crippen LogP contribution in [0.4, 0.5) is 0 Å². The summed E-state index contributed by atoms with van der Waals surface area (Å²) in [6.45, 7) is 0. The Morgan fingerprint density at radius 2 is 0.950 bits per heavy atom. The van der Waals surface area contributed by atoms with E-state index in [1.54, 1.807) is 12.3 Å². The summed E-state index contributed by atoms with van der Waals surface area (Å²) in [6.07, 6.45) is 26.7. The van der Waals surface area contributed by atoms with E-state index in [0.29, 0.717) is 11.5 Å². The van der Waals surface area contributed by atoms with Crippen LogP contribution in [0.3, 0.4) is 0 Å². The van der Waals surface area contributed by atoms with Gasteiger partial charge >= 0.3 is 0 Å². The summed E-state index contributed by atoms with van der Waals surface area (Å²) in [5.41, 5.74) is 23.1. The molecule has 9 nitrogen and oxygen atoms in total. The first-order valence-electron chi connectivity index (χ1n) is 26.7. The first kappa shape index (κ1) is 50.1. The molecule has 0 bridgehead atoms. The van der Waals surface area contributed by atoms with Gasteiger partial charge in [0.05, 0.1) is 48.4 Å². The zero-order valence-corrected chi connectivity index (χ0v) is 46.4. The molecule has 0 unspecified atom stereocenters. The summed E-state index contributed by atoms with van der Waals surface area (Å²) >= 11 is 0. The van der Waals surface area contributed by atoms with E-state index in [-0.39, 0.29) is 20.1 Å². The van der Waals surface area contributed by atoms with Crippen molar-refractivity contribution in [3.63, 3.8) is 0 Å². The Hall–Kier alpha value is -9.47. The standard InChI is InChI=1S/2C32H23N2.C6H4N5.Ir/c2*1-33-21-34(32(26-11-6-3-7-12-26)31(33)25-9-4-2-5-10-25)28-20-18-24-16-15-22-13-8-14-23-17-19-27(28)30(24)29(22)23;1-2-4-7-5(3-1)6-8-10-11-9-6;/h2*2-12,14-15,17-19H,13,16H2,1H3;1-4H;/q3*-1;. The average Bonchev–Trinajstić information content (AvgIpc) is 4.35. The van der Waals surface area contributed by atoms with Crippen LogP contribution in [0.2, 0.25) is 0 Å². The van der Waals surface area contributed by atoms with Crippen molar-refractivity contribution in [3.8, 4) is 67.9 Å². The van der Waals surface area contributed by atoms with E-state index in [1.807, 2.05) is 12.1 Å². The van der Waals surface area contributed by atoms with Crippen LogP contribution in [0.5, 0.6) is 0 Å². The van der Waals surface area contributed by atoms with Crippen molar-refractivity contribution in [2.75, 3.05) is 0 Å². The summed E-state index contributed by atoms with van der Waals surface area (Å²) in [7, 11) is 4.16. The van der Waals surface area contributed by atoms with Gasteiger partial charge in [0.25, 0.3) is 0 Å². The number of rotatable bonds is 7. The van der Waals surface area contributed by atoms with Gasteiger partial charge in [0.1, 0.15) is 0 Å². The molecule has 0 amide bonds. The number of aromatic nitrogens is 9. The van der Waals surface area contributed by atoms with Crippen molar-refractivity contribution in [2.24, 2.45) is 14.1 Å². The molecule has 8 aromatic carbocycles. The summed E-state index contributed by atoms with van der Waals surface area (Å²) in [6, 6.07) is 68.7. The maximum Gasteiger partial charge on any atom is 0.242 e. The minimum atomic E-state index is 0. The van der Waals surface area contributed by atoms with Gasteiger partial charge in [-0.2, -0.15) is 29.5 Å². The van der Waals surface area contributed by atoms with Crippen molar-refractivity contribution in [3.05, 3.63) is 265 Å².